The third kappa shape index (κ3) is 7.16. The van der Waals surface area contributed by atoms with Crippen LogP contribution < -0.4 is 15.6 Å². The number of amides is 1. The molecule has 0 spiro atoms. The van der Waals surface area contributed by atoms with Gasteiger partial charge in [-0.15, -0.1) is 0 Å². The van der Waals surface area contributed by atoms with E-state index >= 15 is 0 Å². The average Bonchev–Trinajstić information content (AvgIpc) is 3.38. The molecule has 9 heteroatoms. The van der Waals surface area contributed by atoms with Crippen molar-refractivity contribution >= 4 is 27.7 Å². The van der Waals surface area contributed by atoms with Crippen molar-refractivity contribution in [2.45, 2.75) is 62.3 Å². The van der Waals surface area contributed by atoms with Gasteiger partial charge in [-0.05, 0) is 73.2 Å². The molecule has 1 fully saturated rings. The molecule has 41 heavy (non-hydrogen) atoms. The monoisotopic (exact) mass is 621 g/mol. The van der Waals surface area contributed by atoms with Gasteiger partial charge in [-0.3, -0.25) is 10.2 Å². The first-order valence-corrected chi connectivity index (χ1v) is 14.9. The van der Waals surface area contributed by atoms with Gasteiger partial charge in [0, 0.05) is 35.5 Å². The van der Waals surface area contributed by atoms with Gasteiger partial charge in [0.2, 0.25) is 5.90 Å². The van der Waals surface area contributed by atoms with Gasteiger partial charge in [0.15, 0.2) is 11.6 Å². The first-order chi connectivity index (χ1) is 20.0. The predicted molar refractivity (Wildman–Crippen MR) is 161 cm³/mol. The van der Waals surface area contributed by atoms with Crippen LogP contribution >= 0.6 is 15.9 Å². The van der Waals surface area contributed by atoms with Crippen LogP contribution in [0.15, 0.2) is 88.3 Å². The van der Waals surface area contributed by atoms with E-state index in [1.807, 2.05) is 78.9 Å². The molecule has 1 aliphatic heterocycles. The van der Waals surface area contributed by atoms with Crippen LogP contribution in [0.25, 0.3) is 0 Å². The van der Waals surface area contributed by atoms with Gasteiger partial charge < -0.3 is 19.7 Å². The third-order valence-electron chi connectivity index (χ3n) is 7.61. The smallest absolute Gasteiger partial charge is 0.266 e. The average molecular weight is 623 g/mol. The van der Waals surface area contributed by atoms with Crippen molar-refractivity contribution in [3.05, 3.63) is 100 Å². The predicted octanol–water partition coefficient (Wildman–Crippen LogP) is 4.63. The van der Waals surface area contributed by atoms with Crippen molar-refractivity contribution in [1.82, 2.24) is 10.9 Å². The highest BCUT2D eigenvalue weighted by atomic mass is 79.9. The summed E-state index contributed by atoms with van der Waals surface area (Å²) < 4.78 is 13.2. The van der Waals surface area contributed by atoms with Gasteiger partial charge in [-0.25, -0.2) is 10.4 Å². The van der Waals surface area contributed by atoms with Gasteiger partial charge >= 0.3 is 0 Å². The molecule has 0 saturated heterocycles. The van der Waals surface area contributed by atoms with Gasteiger partial charge in [-0.1, -0.05) is 58.4 Å². The molecular weight excluding hydrogens is 586 g/mol. The molecule has 1 aliphatic carbocycles. The van der Waals surface area contributed by atoms with Crippen LogP contribution in [0.1, 0.15) is 54.9 Å². The Hall–Kier alpha value is -3.24. The molecular formula is C32H36BrN3O5. The molecule has 3 aromatic carbocycles. The zero-order valence-electron chi connectivity index (χ0n) is 22.8. The van der Waals surface area contributed by atoms with Crippen LogP contribution in [-0.2, 0) is 16.0 Å². The van der Waals surface area contributed by atoms with Gasteiger partial charge in [-0.2, -0.15) is 0 Å². The largest absolute Gasteiger partial charge is 0.494 e. The lowest BCUT2D eigenvalue weighted by atomic mass is 9.82. The zero-order chi connectivity index (χ0) is 28.7. The number of aliphatic hydroxyl groups is 2. The van der Waals surface area contributed by atoms with E-state index in [-0.39, 0.29) is 24.7 Å². The van der Waals surface area contributed by atoms with E-state index in [0.29, 0.717) is 43.9 Å². The van der Waals surface area contributed by atoms with E-state index in [1.165, 1.54) is 0 Å². The van der Waals surface area contributed by atoms with Crippen molar-refractivity contribution in [1.29, 1.82) is 0 Å². The minimum atomic E-state index is -1.29. The number of nitrogens with one attached hydrogen (secondary N) is 2. The summed E-state index contributed by atoms with van der Waals surface area (Å²) in [5.41, 5.74) is 7.45. The number of carbonyl (C=O) groups excluding carboxylic acids is 1. The molecule has 2 atom stereocenters. The normalized spacial score (nSPS) is 23.9. The Morgan fingerprint density at radius 2 is 1.71 bits per heavy atom. The molecule has 1 heterocycles. The maximum atomic E-state index is 14.2. The van der Waals surface area contributed by atoms with E-state index in [2.05, 4.69) is 26.8 Å². The molecule has 0 aromatic heterocycles. The Morgan fingerprint density at radius 1 is 1.00 bits per heavy atom. The Kier molecular flexibility index (Phi) is 9.72. The van der Waals surface area contributed by atoms with Crippen LogP contribution in [0.3, 0.4) is 0 Å². The van der Waals surface area contributed by atoms with E-state index in [0.717, 1.165) is 34.0 Å². The molecule has 0 unspecified atom stereocenters. The number of hydrogen-bond acceptors (Lipinski definition) is 7. The molecule has 5 rings (SSSR count). The Bertz CT molecular complexity index is 1310. The van der Waals surface area contributed by atoms with Crippen molar-refractivity contribution in [2.75, 3.05) is 13.2 Å². The van der Waals surface area contributed by atoms with Crippen molar-refractivity contribution in [3.63, 3.8) is 0 Å². The Morgan fingerprint density at radius 3 is 2.39 bits per heavy atom. The number of hydrazine groups is 1. The second kappa shape index (κ2) is 13.6. The highest BCUT2D eigenvalue weighted by Crippen LogP contribution is 2.42. The summed E-state index contributed by atoms with van der Waals surface area (Å²) in [6, 6.07) is 25.1. The minimum Gasteiger partial charge on any atom is -0.494 e. The molecule has 4 N–H and O–H groups in total. The third-order valence-corrected chi connectivity index (χ3v) is 8.13. The fourth-order valence-corrected chi connectivity index (χ4v) is 5.59. The second-order valence-corrected chi connectivity index (χ2v) is 11.5. The van der Waals surface area contributed by atoms with Crippen LogP contribution in [0, 0.1) is 0 Å². The summed E-state index contributed by atoms with van der Waals surface area (Å²) in [6.07, 6.45) is 2.89. The number of benzene rings is 3. The fourth-order valence-electron chi connectivity index (χ4n) is 5.32. The number of halogens is 1. The first-order valence-electron chi connectivity index (χ1n) is 14.1. The molecule has 1 saturated carbocycles. The lowest BCUT2D eigenvalue weighted by Crippen LogP contribution is -2.56. The molecule has 2 aliphatic rings. The quantitative estimate of drug-likeness (QED) is 0.183. The summed E-state index contributed by atoms with van der Waals surface area (Å²) >= 11 is 3.51. The van der Waals surface area contributed by atoms with Crippen LogP contribution in [-0.4, -0.2) is 52.9 Å². The number of carbonyl (C=O) groups is 1. The number of hydrogen-bond donors (Lipinski definition) is 4. The highest BCUT2D eigenvalue weighted by molar-refractivity contribution is 9.10. The summed E-state index contributed by atoms with van der Waals surface area (Å²) in [5, 5.41) is 18.9. The molecule has 216 valence electrons. The van der Waals surface area contributed by atoms with Crippen molar-refractivity contribution < 1.29 is 24.5 Å². The molecule has 1 amide bonds. The standard InChI is InChI=1S/C32H36BrN3O5/c33-25-11-7-23(8-12-25)29-32(21-22-5-2-1-3-6-22,31(39)36-35-26-13-15-27(38)16-14-26)34-30(41-29)24-9-17-28(18-10-24)40-20-4-19-37/h1-3,5-12,17-18,26-27,29,35,37-38H,4,13-16,19-21H2,(H,36,39)/t26?,27?,29-,32-/m0/s1. The first kappa shape index (κ1) is 29.3. The Labute approximate surface area is 248 Å². The van der Waals surface area contributed by atoms with Crippen LogP contribution in [0.5, 0.6) is 5.75 Å². The van der Waals surface area contributed by atoms with Crippen molar-refractivity contribution in [3.8, 4) is 5.75 Å². The van der Waals surface area contributed by atoms with Crippen LogP contribution in [0.4, 0.5) is 0 Å². The summed E-state index contributed by atoms with van der Waals surface area (Å²) in [7, 11) is 0. The van der Waals surface area contributed by atoms with E-state index in [9.17, 15) is 9.90 Å². The number of aliphatic imine (C=N–C) groups is 1. The number of ether oxygens (including phenoxy) is 2. The number of aliphatic hydroxyl groups excluding tert-OH is 2. The van der Waals surface area contributed by atoms with Crippen LogP contribution in [0.2, 0.25) is 0 Å². The summed E-state index contributed by atoms with van der Waals surface area (Å²) in [4.78, 5) is 19.3. The second-order valence-electron chi connectivity index (χ2n) is 10.6. The van der Waals surface area contributed by atoms with E-state index in [4.69, 9.17) is 19.6 Å². The topological polar surface area (TPSA) is 112 Å². The van der Waals surface area contributed by atoms with Gasteiger partial charge in [0.1, 0.15) is 5.75 Å². The maximum absolute atomic E-state index is 14.2. The zero-order valence-corrected chi connectivity index (χ0v) is 24.4. The lowest BCUT2D eigenvalue weighted by Gasteiger charge is -2.32. The SMILES string of the molecule is O=C(NNC1CCC(O)CC1)[C@@]1(Cc2ccccc2)N=C(c2ccc(OCCCO)cc2)O[C@H]1c1ccc(Br)cc1. The maximum Gasteiger partial charge on any atom is 0.266 e. The van der Waals surface area contributed by atoms with E-state index in [1.54, 1.807) is 0 Å². The molecule has 3 aromatic rings. The fraction of sp³-hybridized carbons (Fsp3) is 0.375. The number of rotatable bonds is 11. The van der Waals surface area contributed by atoms with Crippen molar-refractivity contribution in [2.24, 2.45) is 4.99 Å². The highest BCUT2D eigenvalue weighted by Gasteiger charge is 2.53. The number of nitrogens with zero attached hydrogens (tertiary/aromatic N) is 1. The molecule has 0 bridgehead atoms. The summed E-state index contributed by atoms with van der Waals surface area (Å²) in [5.74, 6) is 0.784. The minimum absolute atomic E-state index is 0.0727. The summed E-state index contributed by atoms with van der Waals surface area (Å²) in [6.45, 7) is 0.496. The molecule has 8 nitrogen and oxygen atoms in total. The van der Waals surface area contributed by atoms with Gasteiger partial charge in [0.05, 0.1) is 12.7 Å². The van der Waals surface area contributed by atoms with Gasteiger partial charge in [0.25, 0.3) is 5.91 Å². The molecule has 0 radical (unpaired) electrons. The van der Waals surface area contributed by atoms with E-state index < -0.39 is 11.6 Å². The lowest BCUT2D eigenvalue weighted by molar-refractivity contribution is -0.130. The Balaban J connectivity index is 1.49.